The number of carbonyl (C=O) groups is 2. The quantitative estimate of drug-likeness (QED) is 0.398. The van der Waals surface area contributed by atoms with E-state index in [1.165, 1.54) is 0 Å². The Morgan fingerprint density at radius 3 is 2.50 bits per heavy atom. The van der Waals surface area contributed by atoms with Crippen LogP contribution in [0, 0.1) is 0 Å². The summed E-state index contributed by atoms with van der Waals surface area (Å²) in [6, 6.07) is -0.500. The van der Waals surface area contributed by atoms with Gasteiger partial charge in [0.1, 0.15) is 6.29 Å². The summed E-state index contributed by atoms with van der Waals surface area (Å²) in [6.07, 6.45) is 0.503. The van der Waals surface area contributed by atoms with Crippen molar-refractivity contribution in [3.05, 3.63) is 0 Å². The average molecular weight is 115 g/mol. The Morgan fingerprint density at radius 1 is 1.88 bits per heavy atom. The predicted octanol–water partition coefficient (Wildman–Crippen LogP) is -0.508. The highest BCUT2D eigenvalue weighted by Crippen LogP contribution is 1.81. The van der Waals surface area contributed by atoms with Gasteiger partial charge in [0.2, 0.25) is 0 Å². The van der Waals surface area contributed by atoms with Crippen LogP contribution in [0.2, 0.25) is 0 Å². The molecule has 0 aliphatic carbocycles. The molecule has 8 heavy (non-hydrogen) atoms. The summed E-state index contributed by atoms with van der Waals surface area (Å²) in [7, 11) is 0. The molecule has 0 spiro atoms. The van der Waals surface area contributed by atoms with E-state index in [2.05, 4.69) is 0 Å². The molecule has 0 radical (unpaired) electrons. The molecule has 0 aromatic heterocycles. The molecule has 0 amide bonds. The van der Waals surface area contributed by atoms with Gasteiger partial charge in [0.15, 0.2) is 5.78 Å². The smallest absolute Gasteiger partial charge is 0.156 e. The fraction of sp³-hybridized carbons (Fsp3) is 0.600. The van der Waals surface area contributed by atoms with Gasteiger partial charge in [-0.15, -0.1) is 0 Å². The first-order chi connectivity index (χ1) is 3.68. The molecule has 0 aromatic rings. The van der Waals surface area contributed by atoms with Crippen molar-refractivity contribution in [1.82, 2.24) is 0 Å². The van der Waals surface area contributed by atoms with Crippen LogP contribution in [0.5, 0.6) is 0 Å². The van der Waals surface area contributed by atoms with Gasteiger partial charge in [0, 0.05) is 0 Å². The van der Waals surface area contributed by atoms with E-state index in [-0.39, 0.29) is 12.2 Å². The summed E-state index contributed by atoms with van der Waals surface area (Å²) >= 11 is 0. The number of carbonyl (C=O) groups excluding carboxylic acids is 2. The maximum absolute atomic E-state index is 10.4. The fourth-order valence-corrected chi connectivity index (χ4v) is 0.268. The molecule has 0 rings (SSSR count). The molecule has 0 aromatic carbocycles. The molecule has 0 aliphatic rings. The van der Waals surface area contributed by atoms with Crippen LogP contribution in [-0.4, -0.2) is 18.1 Å². The lowest BCUT2D eigenvalue weighted by atomic mass is 10.2. The molecule has 0 saturated heterocycles. The first-order valence-electron chi connectivity index (χ1n) is 2.40. The number of Topliss-reactive ketones (excluding diaryl/α,β-unsaturated/α-hetero) is 1. The Hall–Kier alpha value is -0.700. The van der Waals surface area contributed by atoms with Gasteiger partial charge >= 0.3 is 0 Å². The maximum Gasteiger partial charge on any atom is 0.156 e. The summed E-state index contributed by atoms with van der Waals surface area (Å²) < 4.78 is 0. The molecular weight excluding hydrogens is 106 g/mol. The van der Waals surface area contributed by atoms with Gasteiger partial charge in [-0.1, -0.05) is 0 Å². The zero-order valence-corrected chi connectivity index (χ0v) is 4.76. The minimum absolute atomic E-state index is 0.0579. The van der Waals surface area contributed by atoms with Crippen LogP contribution in [0.3, 0.4) is 0 Å². The highest BCUT2D eigenvalue weighted by molar-refractivity contribution is 5.93. The van der Waals surface area contributed by atoms with Gasteiger partial charge in [-0.25, -0.2) is 0 Å². The number of rotatable bonds is 3. The van der Waals surface area contributed by atoms with Gasteiger partial charge < -0.3 is 10.5 Å². The first-order valence-corrected chi connectivity index (χ1v) is 2.40. The minimum atomic E-state index is -0.500. The second kappa shape index (κ2) is 3.32. The van der Waals surface area contributed by atoms with Crippen LogP contribution in [0.1, 0.15) is 13.3 Å². The van der Waals surface area contributed by atoms with E-state index in [1.807, 2.05) is 0 Å². The molecule has 0 bridgehead atoms. The Balaban J connectivity index is 3.48. The van der Waals surface area contributed by atoms with Crippen molar-refractivity contribution in [1.29, 1.82) is 0 Å². The van der Waals surface area contributed by atoms with E-state index in [0.717, 1.165) is 0 Å². The second-order valence-corrected chi connectivity index (χ2v) is 1.63. The van der Waals surface area contributed by atoms with Gasteiger partial charge in [-0.3, -0.25) is 4.79 Å². The molecule has 3 nitrogen and oxygen atoms in total. The molecule has 0 saturated carbocycles. The van der Waals surface area contributed by atoms with E-state index < -0.39 is 6.04 Å². The first kappa shape index (κ1) is 7.30. The lowest BCUT2D eigenvalue weighted by molar-refractivity contribution is -0.122. The third kappa shape index (κ3) is 2.47. The summed E-state index contributed by atoms with van der Waals surface area (Å²) in [4.78, 5) is 20.0. The zero-order chi connectivity index (χ0) is 6.57. The van der Waals surface area contributed by atoms with Crippen LogP contribution in [-0.2, 0) is 9.59 Å². The van der Waals surface area contributed by atoms with E-state index in [9.17, 15) is 9.59 Å². The molecule has 0 unspecified atom stereocenters. The molecule has 0 heterocycles. The minimum Gasteiger partial charge on any atom is -0.322 e. The highest BCUT2D eigenvalue weighted by Gasteiger charge is 2.04. The highest BCUT2D eigenvalue weighted by atomic mass is 16.1. The Morgan fingerprint density at radius 2 is 2.38 bits per heavy atom. The number of hydrogen-bond donors (Lipinski definition) is 1. The number of ketones is 1. The lowest BCUT2D eigenvalue weighted by Crippen LogP contribution is -2.26. The number of nitrogens with two attached hydrogens (primary N) is 1. The van der Waals surface area contributed by atoms with E-state index in [4.69, 9.17) is 5.73 Å². The topological polar surface area (TPSA) is 60.2 Å². The summed E-state index contributed by atoms with van der Waals surface area (Å²) in [6.45, 7) is 1.56. The monoisotopic (exact) mass is 115 g/mol. The van der Waals surface area contributed by atoms with Crippen LogP contribution < -0.4 is 5.73 Å². The molecule has 3 heteroatoms. The van der Waals surface area contributed by atoms with Gasteiger partial charge in [0.25, 0.3) is 0 Å². The lowest BCUT2D eigenvalue weighted by Gasteiger charge is -1.96. The third-order valence-electron chi connectivity index (χ3n) is 0.792. The van der Waals surface area contributed by atoms with Crippen LogP contribution >= 0.6 is 0 Å². The third-order valence-corrected chi connectivity index (χ3v) is 0.792. The van der Waals surface area contributed by atoms with E-state index in [1.54, 1.807) is 6.92 Å². The fourth-order valence-electron chi connectivity index (χ4n) is 0.268. The van der Waals surface area contributed by atoms with Crippen LogP contribution in [0.25, 0.3) is 0 Å². The SMILES string of the molecule is C[C@H](N)C(=O)CC=O. The van der Waals surface area contributed by atoms with Crippen molar-refractivity contribution in [2.75, 3.05) is 0 Å². The van der Waals surface area contributed by atoms with Crippen molar-refractivity contribution >= 4 is 12.1 Å². The molecule has 0 aliphatic heterocycles. The van der Waals surface area contributed by atoms with E-state index in [0.29, 0.717) is 6.29 Å². The summed E-state index contributed by atoms with van der Waals surface area (Å²) in [5, 5.41) is 0. The summed E-state index contributed by atoms with van der Waals surface area (Å²) in [5.41, 5.74) is 5.11. The largest absolute Gasteiger partial charge is 0.322 e. The van der Waals surface area contributed by atoms with Crippen LogP contribution in [0.4, 0.5) is 0 Å². The van der Waals surface area contributed by atoms with E-state index >= 15 is 0 Å². The summed E-state index contributed by atoms with van der Waals surface area (Å²) in [5.74, 6) is -0.208. The van der Waals surface area contributed by atoms with Gasteiger partial charge in [-0.05, 0) is 6.92 Å². The molecule has 0 fully saturated rings. The van der Waals surface area contributed by atoms with Crippen molar-refractivity contribution < 1.29 is 9.59 Å². The predicted molar refractivity (Wildman–Crippen MR) is 29.3 cm³/mol. The molecular formula is C5H9NO2. The van der Waals surface area contributed by atoms with Crippen molar-refractivity contribution in [3.63, 3.8) is 0 Å². The Bertz CT molecular complexity index is 98.6. The normalized spacial score (nSPS) is 12.8. The van der Waals surface area contributed by atoms with Gasteiger partial charge in [0.05, 0.1) is 12.5 Å². The molecule has 46 valence electrons. The Labute approximate surface area is 47.9 Å². The van der Waals surface area contributed by atoms with Crippen molar-refractivity contribution in [2.45, 2.75) is 19.4 Å². The Kier molecular flexibility index (Phi) is 3.03. The van der Waals surface area contributed by atoms with Crippen molar-refractivity contribution in [2.24, 2.45) is 5.73 Å². The average Bonchev–Trinajstić information content (AvgIpc) is 1.67. The molecule has 2 N–H and O–H groups in total. The van der Waals surface area contributed by atoms with Crippen LogP contribution in [0.15, 0.2) is 0 Å². The number of hydrogen-bond acceptors (Lipinski definition) is 3. The number of aldehydes is 1. The van der Waals surface area contributed by atoms with Crippen molar-refractivity contribution in [3.8, 4) is 0 Å². The zero-order valence-electron chi connectivity index (χ0n) is 4.76. The standard InChI is InChI=1S/C5H9NO2/c1-4(6)5(8)2-3-7/h3-4H,2,6H2,1H3/t4-/m0/s1. The second-order valence-electron chi connectivity index (χ2n) is 1.63. The molecule has 1 atom stereocenters. The van der Waals surface area contributed by atoms with Gasteiger partial charge in [-0.2, -0.15) is 0 Å². The maximum atomic E-state index is 10.4.